The normalized spacial score (nSPS) is 31.7. The summed E-state index contributed by atoms with van der Waals surface area (Å²) in [5.74, 6) is 0.0323. The molecule has 0 spiro atoms. The molecule has 64 valence electrons. The van der Waals surface area contributed by atoms with E-state index in [1.807, 2.05) is 6.92 Å². The standard InChI is InChI=1S/C8H14O3/c1-6-5-11-3-2-7(6)4-8(9)10/h6-7H,2-5H2,1H3,(H,9,10)/t6-,7-/m0/s1. The largest absolute Gasteiger partial charge is 0.481 e. The van der Waals surface area contributed by atoms with Crippen molar-refractivity contribution in [3.63, 3.8) is 0 Å². The van der Waals surface area contributed by atoms with Crippen LogP contribution in [0.5, 0.6) is 0 Å². The van der Waals surface area contributed by atoms with E-state index in [2.05, 4.69) is 0 Å². The molecule has 1 fully saturated rings. The minimum Gasteiger partial charge on any atom is -0.481 e. The van der Waals surface area contributed by atoms with E-state index in [0.29, 0.717) is 18.3 Å². The van der Waals surface area contributed by atoms with Gasteiger partial charge < -0.3 is 9.84 Å². The van der Waals surface area contributed by atoms with E-state index in [1.54, 1.807) is 0 Å². The van der Waals surface area contributed by atoms with Gasteiger partial charge in [0.1, 0.15) is 0 Å². The van der Waals surface area contributed by atoms with Crippen LogP contribution in [0.2, 0.25) is 0 Å². The summed E-state index contributed by atoms with van der Waals surface area (Å²) < 4.78 is 5.20. The van der Waals surface area contributed by atoms with Gasteiger partial charge in [0, 0.05) is 19.6 Å². The molecule has 0 saturated carbocycles. The van der Waals surface area contributed by atoms with Crippen LogP contribution in [0, 0.1) is 11.8 Å². The third-order valence-electron chi connectivity index (χ3n) is 2.26. The maximum Gasteiger partial charge on any atom is 0.303 e. The van der Waals surface area contributed by atoms with Crippen LogP contribution in [-0.4, -0.2) is 24.3 Å². The molecule has 0 aromatic carbocycles. The predicted octanol–water partition coefficient (Wildman–Crippen LogP) is 1.13. The highest BCUT2D eigenvalue weighted by Crippen LogP contribution is 2.24. The van der Waals surface area contributed by atoms with Crippen LogP contribution in [0.1, 0.15) is 19.8 Å². The fourth-order valence-electron chi connectivity index (χ4n) is 1.45. The first kappa shape index (κ1) is 8.53. The van der Waals surface area contributed by atoms with E-state index in [4.69, 9.17) is 9.84 Å². The minimum absolute atomic E-state index is 0.296. The zero-order chi connectivity index (χ0) is 8.27. The second kappa shape index (κ2) is 3.72. The van der Waals surface area contributed by atoms with E-state index < -0.39 is 5.97 Å². The summed E-state index contributed by atoms with van der Waals surface area (Å²) in [7, 11) is 0. The Hall–Kier alpha value is -0.570. The van der Waals surface area contributed by atoms with Crippen LogP contribution in [0.25, 0.3) is 0 Å². The van der Waals surface area contributed by atoms with Gasteiger partial charge in [0.05, 0.1) is 0 Å². The molecular formula is C8H14O3. The van der Waals surface area contributed by atoms with Crippen molar-refractivity contribution in [1.29, 1.82) is 0 Å². The Balaban J connectivity index is 2.35. The van der Waals surface area contributed by atoms with Crippen molar-refractivity contribution in [1.82, 2.24) is 0 Å². The summed E-state index contributed by atoms with van der Waals surface area (Å²) in [5, 5.41) is 8.54. The molecule has 0 unspecified atom stereocenters. The molecule has 11 heavy (non-hydrogen) atoms. The van der Waals surface area contributed by atoms with Crippen LogP contribution in [0.3, 0.4) is 0 Å². The molecule has 3 heteroatoms. The van der Waals surface area contributed by atoms with Crippen LogP contribution < -0.4 is 0 Å². The van der Waals surface area contributed by atoms with Crippen molar-refractivity contribution in [3.05, 3.63) is 0 Å². The van der Waals surface area contributed by atoms with Crippen LogP contribution in [0.15, 0.2) is 0 Å². The van der Waals surface area contributed by atoms with Gasteiger partial charge in [0.25, 0.3) is 0 Å². The highest BCUT2D eigenvalue weighted by atomic mass is 16.5. The molecule has 1 aliphatic heterocycles. The molecule has 0 bridgehead atoms. The Morgan fingerprint density at radius 3 is 3.00 bits per heavy atom. The molecule has 1 saturated heterocycles. The van der Waals surface area contributed by atoms with Crippen molar-refractivity contribution >= 4 is 5.97 Å². The van der Waals surface area contributed by atoms with Gasteiger partial charge in [0.2, 0.25) is 0 Å². The maximum absolute atomic E-state index is 10.4. The number of carboxylic acid groups (broad SMARTS) is 1. The second-order valence-electron chi connectivity index (χ2n) is 3.20. The number of aliphatic carboxylic acids is 1. The van der Waals surface area contributed by atoms with Crippen LogP contribution in [-0.2, 0) is 9.53 Å². The van der Waals surface area contributed by atoms with Gasteiger partial charge in [-0.3, -0.25) is 4.79 Å². The summed E-state index contributed by atoms with van der Waals surface area (Å²) in [6.45, 7) is 3.49. The molecule has 0 aromatic rings. The summed E-state index contributed by atoms with van der Waals surface area (Å²) >= 11 is 0. The lowest BCUT2D eigenvalue weighted by molar-refractivity contribution is -0.139. The fraction of sp³-hybridized carbons (Fsp3) is 0.875. The average molecular weight is 158 g/mol. The Morgan fingerprint density at radius 1 is 1.73 bits per heavy atom. The molecule has 1 N–H and O–H groups in total. The Labute approximate surface area is 66.4 Å². The van der Waals surface area contributed by atoms with E-state index in [1.165, 1.54) is 0 Å². The molecule has 3 nitrogen and oxygen atoms in total. The van der Waals surface area contributed by atoms with Crippen molar-refractivity contribution in [2.75, 3.05) is 13.2 Å². The molecule has 2 atom stereocenters. The van der Waals surface area contributed by atoms with Gasteiger partial charge in [0.15, 0.2) is 0 Å². The topological polar surface area (TPSA) is 46.5 Å². The third kappa shape index (κ3) is 2.50. The maximum atomic E-state index is 10.4. The second-order valence-corrected chi connectivity index (χ2v) is 3.20. The van der Waals surface area contributed by atoms with E-state index in [-0.39, 0.29) is 0 Å². The van der Waals surface area contributed by atoms with Crippen molar-refractivity contribution in [3.8, 4) is 0 Å². The van der Waals surface area contributed by atoms with Gasteiger partial charge in [-0.05, 0) is 18.3 Å². The van der Waals surface area contributed by atoms with Gasteiger partial charge >= 0.3 is 5.97 Å². The Bertz CT molecular complexity index is 144. The van der Waals surface area contributed by atoms with Crippen molar-refractivity contribution in [2.24, 2.45) is 11.8 Å². The number of hydrogen-bond donors (Lipinski definition) is 1. The summed E-state index contributed by atoms with van der Waals surface area (Å²) in [5.41, 5.74) is 0. The highest BCUT2D eigenvalue weighted by molar-refractivity contribution is 5.67. The number of carbonyl (C=O) groups is 1. The van der Waals surface area contributed by atoms with Crippen LogP contribution >= 0.6 is 0 Å². The molecular weight excluding hydrogens is 144 g/mol. The van der Waals surface area contributed by atoms with E-state index >= 15 is 0 Å². The summed E-state index contributed by atoms with van der Waals surface area (Å²) in [4.78, 5) is 10.4. The van der Waals surface area contributed by atoms with Gasteiger partial charge in [-0.15, -0.1) is 0 Å². The molecule has 1 heterocycles. The third-order valence-corrected chi connectivity index (χ3v) is 2.26. The van der Waals surface area contributed by atoms with Crippen molar-refractivity contribution < 1.29 is 14.6 Å². The number of ether oxygens (including phenoxy) is 1. The highest BCUT2D eigenvalue weighted by Gasteiger charge is 2.23. The quantitative estimate of drug-likeness (QED) is 0.655. The SMILES string of the molecule is C[C@H]1COCC[C@H]1CC(=O)O. The lowest BCUT2D eigenvalue weighted by atomic mass is 9.87. The Kier molecular flexibility index (Phi) is 2.88. The lowest BCUT2D eigenvalue weighted by Gasteiger charge is -2.27. The molecule has 0 amide bonds. The molecule has 1 rings (SSSR count). The van der Waals surface area contributed by atoms with E-state index in [0.717, 1.165) is 19.6 Å². The summed E-state index contributed by atoms with van der Waals surface area (Å²) in [6, 6.07) is 0. The minimum atomic E-state index is -0.691. The zero-order valence-corrected chi connectivity index (χ0v) is 6.75. The first-order valence-corrected chi connectivity index (χ1v) is 3.99. The Morgan fingerprint density at radius 2 is 2.45 bits per heavy atom. The number of carboxylic acids is 1. The molecule has 0 aliphatic carbocycles. The first-order chi connectivity index (χ1) is 5.20. The predicted molar refractivity (Wildman–Crippen MR) is 40.3 cm³/mol. The average Bonchev–Trinajstić information content (AvgIpc) is 1.93. The fourth-order valence-corrected chi connectivity index (χ4v) is 1.45. The molecule has 0 aromatic heterocycles. The van der Waals surface area contributed by atoms with Gasteiger partial charge in [-0.2, -0.15) is 0 Å². The van der Waals surface area contributed by atoms with Gasteiger partial charge in [-0.25, -0.2) is 0 Å². The molecule has 1 aliphatic rings. The molecule has 0 radical (unpaired) electrons. The lowest BCUT2D eigenvalue weighted by Crippen LogP contribution is -2.27. The zero-order valence-electron chi connectivity index (χ0n) is 6.75. The summed E-state index contributed by atoms with van der Waals surface area (Å²) in [6.07, 6.45) is 1.19. The van der Waals surface area contributed by atoms with E-state index in [9.17, 15) is 4.79 Å². The number of hydrogen-bond acceptors (Lipinski definition) is 2. The first-order valence-electron chi connectivity index (χ1n) is 3.99. The smallest absolute Gasteiger partial charge is 0.303 e. The monoisotopic (exact) mass is 158 g/mol. The number of rotatable bonds is 2. The van der Waals surface area contributed by atoms with Gasteiger partial charge in [-0.1, -0.05) is 6.92 Å². The van der Waals surface area contributed by atoms with Crippen LogP contribution in [0.4, 0.5) is 0 Å². The van der Waals surface area contributed by atoms with Crippen molar-refractivity contribution in [2.45, 2.75) is 19.8 Å².